The quantitative estimate of drug-likeness (QED) is 0.835. The van der Waals surface area contributed by atoms with Crippen LogP contribution in [0.4, 0.5) is 5.82 Å². The summed E-state index contributed by atoms with van der Waals surface area (Å²) in [5.74, 6) is 1.48. The van der Waals surface area contributed by atoms with Gasteiger partial charge in [0.2, 0.25) is 5.91 Å². The first-order valence-corrected chi connectivity index (χ1v) is 9.40. The lowest BCUT2D eigenvalue weighted by Gasteiger charge is -2.34. The standard InChI is InChI=1S/C18H26N6O/c1-22-16-15(12-21-22)17(20-13-19-16)23-10-6-14(7-11-23)18(25)24-8-4-2-3-5-9-24/h12-14H,2-11H2,1H3. The number of aryl methyl sites for hydroxylation is 1. The molecule has 2 aliphatic heterocycles. The Morgan fingerprint density at radius 1 is 1.04 bits per heavy atom. The minimum absolute atomic E-state index is 0.167. The Kier molecular flexibility index (Phi) is 4.55. The topological polar surface area (TPSA) is 67.2 Å². The second kappa shape index (κ2) is 6.98. The van der Waals surface area contributed by atoms with Gasteiger partial charge in [-0.25, -0.2) is 9.97 Å². The van der Waals surface area contributed by atoms with Crippen molar-refractivity contribution in [3.8, 4) is 0 Å². The van der Waals surface area contributed by atoms with Crippen molar-refractivity contribution in [2.45, 2.75) is 38.5 Å². The van der Waals surface area contributed by atoms with E-state index < -0.39 is 0 Å². The number of rotatable bonds is 2. The number of piperidine rings is 1. The normalized spacial score (nSPS) is 20.0. The highest BCUT2D eigenvalue weighted by Gasteiger charge is 2.30. The van der Waals surface area contributed by atoms with Crippen LogP contribution in [0.3, 0.4) is 0 Å². The van der Waals surface area contributed by atoms with E-state index in [1.54, 1.807) is 11.0 Å². The zero-order valence-electron chi connectivity index (χ0n) is 14.9. The molecule has 0 aromatic carbocycles. The molecule has 2 fully saturated rings. The Hall–Kier alpha value is -2.18. The monoisotopic (exact) mass is 342 g/mol. The Morgan fingerprint density at radius 2 is 1.76 bits per heavy atom. The number of carbonyl (C=O) groups excluding carboxylic acids is 1. The summed E-state index contributed by atoms with van der Waals surface area (Å²) in [4.78, 5) is 26.0. The highest BCUT2D eigenvalue weighted by molar-refractivity contribution is 5.87. The minimum Gasteiger partial charge on any atom is -0.356 e. The van der Waals surface area contributed by atoms with Crippen LogP contribution < -0.4 is 4.90 Å². The van der Waals surface area contributed by atoms with Gasteiger partial charge in [0.05, 0.1) is 11.6 Å². The first-order valence-electron chi connectivity index (χ1n) is 9.40. The van der Waals surface area contributed by atoms with E-state index in [2.05, 4.69) is 24.9 Å². The molecule has 2 aliphatic rings. The summed E-state index contributed by atoms with van der Waals surface area (Å²) >= 11 is 0. The zero-order chi connectivity index (χ0) is 17.2. The molecule has 1 amide bonds. The SMILES string of the molecule is Cn1ncc2c(N3CCC(C(=O)N4CCCCCC4)CC3)ncnc21. The van der Waals surface area contributed by atoms with Crippen LogP contribution in [0.5, 0.6) is 0 Å². The molecule has 0 N–H and O–H groups in total. The van der Waals surface area contributed by atoms with E-state index in [0.717, 1.165) is 68.7 Å². The van der Waals surface area contributed by atoms with E-state index in [-0.39, 0.29) is 5.92 Å². The summed E-state index contributed by atoms with van der Waals surface area (Å²) in [6.45, 7) is 3.62. The van der Waals surface area contributed by atoms with Gasteiger partial charge in [0.15, 0.2) is 5.65 Å². The smallest absolute Gasteiger partial charge is 0.225 e. The van der Waals surface area contributed by atoms with Gasteiger partial charge in [0.25, 0.3) is 0 Å². The lowest BCUT2D eigenvalue weighted by atomic mass is 9.95. The summed E-state index contributed by atoms with van der Waals surface area (Å²) in [5, 5.41) is 5.28. The molecule has 0 bridgehead atoms. The molecule has 7 heteroatoms. The molecular weight excluding hydrogens is 316 g/mol. The van der Waals surface area contributed by atoms with Gasteiger partial charge < -0.3 is 9.80 Å². The molecule has 0 aliphatic carbocycles. The van der Waals surface area contributed by atoms with E-state index in [1.807, 2.05) is 13.2 Å². The van der Waals surface area contributed by atoms with Crippen LogP contribution in [0.2, 0.25) is 0 Å². The number of likely N-dealkylation sites (tertiary alicyclic amines) is 1. The van der Waals surface area contributed by atoms with Crippen molar-refractivity contribution in [1.29, 1.82) is 0 Å². The fourth-order valence-electron chi connectivity index (χ4n) is 4.09. The molecule has 4 rings (SSSR count). The first-order chi connectivity index (χ1) is 12.2. The molecule has 4 heterocycles. The lowest BCUT2D eigenvalue weighted by Crippen LogP contribution is -2.43. The molecule has 0 unspecified atom stereocenters. The number of nitrogens with zero attached hydrogens (tertiary/aromatic N) is 6. The fourth-order valence-corrected chi connectivity index (χ4v) is 4.09. The molecule has 0 spiro atoms. The largest absolute Gasteiger partial charge is 0.356 e. The number of hydrogen-bond acceptors (Lipinski definition) is 5. The molecular formula is C18H26N6O. The number of aromatic nitrogens is 4. The van der Waals surface area contributed by atoms with Crippen molar-refractivity contribution in [2.24, 2.45) is 13.0 Å². The molecule has 134 valence electrons. The van der Waals surface area contributed by atoms with Crippen molar-refractivity contribution < 1.29 is 4.79 Å². The van der Waals surface area contributed by atoms with Gasteiger partial charge >= 0.3 is 0 Å². The van der Waals surface area contributed by atoms with Gasteiger partial charge in [-0.2, -0.15) is 5.10 Å². The third-order valence-corrected chi connectivity index (χ3v) is 5.57. The van der Waals surface area contributed by atoms with Crippen LogP contribution in [-0.2, 0) is 11.8 Å². The number of amides is 1. The summed E-state index contributed by atoms with van der Waals surface area (Å²) in [6, 6.07) is 0. The highest BCUT2D eigenvalue weighted by Crippen LogP contribution is 2.28. The maximum Gasteiger partial charge on any atom is 0.225 e. The Bertz CT molecular complexity index is 741. The zero-order valence-corrected chi connectivity index (χ0v) is 14.9. The van der Waals surface area contributed by atoms with Gasteiger partial charge in [-0.05, 0) is 25.7 Å². The second-order valence-electron chi connectivity index (χ2n) is 7.20. The van der Waals surface area contributed by atoms with Gasteiger partial charge in [0, 0.05) is 39.1 Å². The Balaban J connectivity index is 1.43. The summed E-state index contributed by atoms with van der Waals surface area (Å²) in [7, 11) is 1.89. The number of anilines is 1. The van der Waals surface area contributed by atoms with Crippen molar-refractivity contribution in [1.82, 2.24) is 24.6 Å². The Morgan fingerprint density at radius 3 is 2.48 bits per heavy atom. The van der Waals surface area contributed by atoms with Crippen LogP contribution >= 0.6 is 0 Å². The second-order valence-corrected chi connectivity index (χ2v) is 7.20. The summed E-state index contributed by atoms with van der Waals surface area (Å²) in [5.41, 5.74) is 0.854. The predicted molar refractivity (Wildman–Crippen MR) is 96.3 cm³/mol. The molecule has 2 aromatic heterocycles. The molecule has 0 atom stereocenters. The van der Waals surface area contributed by atoms with Crippen molar-refractivity contribution in [3.63, 3.8) is 0 Å². The number of hydrogen-bond donors (Lipinski definition) is 0. The van der Waals surface area contributed by atoms with Crippen LogP contribution in [0.1, 0.15) is 38.5 Å². The fraction of sp³-hybridized carbons (Fsp3) is 0.667. The van der Waals surface area contributed by atoms with Gasteiger partial charge in [-0.3, -0.25) is 9.48 Å². The van der Waals surface area contributed by atoms with Crippen molar-refractivity contribution >= 4 is 22.8 Å². The van der Waals surface area contributed by atoms with E-state index in [0.29, 0.717) is 5.91 Å². The van der Waals surface area contributed by atoms with Crippen LogP contribution in [0.15, 0.2) is 12.5 Å². The van der Waals surface area contributed by atoms with Crippen LogP contribution in [-0.4, -0.2) is 56.7 Å². The number of carbonyl (C=O) groups is 1. The molecule has 2 aromatic rings. The van der Waals surface area contributed by atoms with Gasteiger partial charge in [-0.1, -0.05) is 12.8 Å². The maximum atomic E-state index is 12.8. The molecule has 2 saturated heterocycles. The average Bonchev–Trinajstić information content (AvgIpc) is 2.87. The number of fused-ring (bicyclic) bond motifs is 1. The molecule has 0 saturated carbocycles. The third-order valence-electron chi connectivity index (χ3n) is 5.57. The average molecular weight is 342 g/mol. The summed E-state index contributed by atoms with van der Waals surface area (Å²) < 4.78 is 1.77. The van der Waals surface area contributed by atoms with Gasteiger partial charge in [-0.15, -0.1) is 0 Å². The van der Waals surface area contributed by atoms with Crippen LogP contribution in [0.25, 0.3) is 11.0 Å². The molecule has 25 heavy (non-hydrogen) atoms. The van der Waals surface area contributed by atoms with Crippen molar-refractivity contribution in [3.05, 3.63) is 12.5 Å². The van der Waals surface area contributed by atoms with Crippen molar-refractivity contribution in [2.75, 3.05) is 31.1 Å². The van der Waals surface area contributed by atoms with E-state index >= 15 is 0 Å². The van der Waals surface area contributed by atoms with E-state index in [4.69, 9.17) is 0 Å². The van der Waals surface area contributed by atoms with E-state index in [9.17, 15) is 4.79 Å². The third kappa shape index (κ3) is 3.19. The summed E-state index contributed by atoms with van der Waals surface area (Å²) in [6.07, 6.45) is 10.1. The minimum atomic E-state index is 0.167. The van der Waals surface area contributed by atoms with Crippen LogP contribution in [0, 0.1) is 5.92 Å². The molecule has 7 nitrogen and oxygen atoms in total. The highest BCUT2D eigenvalue weighted by atomic mass is 16.2. The van der Waals surface area contributed by atoms with Gasteiger partial charge in [0.1, 0.15) is 12.1 Å². The lowest BCUT2D eigenvalue weighted by molar-refractivity contribution is -0.136. The predicted octanol–water partition coefficient (Wildman–Crippen LogP) is 1.98. The first kappa shape index (κ1) is 16.3. The molecule has 0 radical (unpaired) electrons. The van der Waals surface area contributed by atoms with E-state index in [1.165, 1.54) is 12.8 Å². The Labute approximate surface area is 148 Å². The maximum absolute atomic E-state index is 12.8.